The third-order valence-electron chi connectivity index (χ3n) is 6.84. The van der Waals surface area contributed by atoms with Crippen molar-refractivity contribution in [1.82, 2.24) is 29.5 Å². The lowest BCUT2D eigenvalue weighted by Crippen LogP contribution is -2.34. The molecule has 1 N–H and O–H groups in total. The molecule has 1 aromatic carbocycles. The quantitative estimate of drug-likeness (QED) is 0.194. The molecule has 0 aliphatic rings. The highest BCUT2D eigenvalue weighted by Crippen LogP contribution is 2.45. The average Bonchev–Trinajstić information content (AvgIpc) is 3.69. The van der Waals surface area contributed by atoms with Gasteiger partial charge in [-0.15, -0.1) is 10.2 Å². The topological polar surface area (TPSA) is 111 Å². The Balaban J connectivity index is 1.40. The molecule has 9 nitrogen and oxygen atoms in total. The van der Waals surface area contributed by atoms with Crippen LogP contribution in [0.15, 0.2) is 84.0 Å². The zero-order chi connectivity index (χ0) is 30.2. The number of rotatable bonds is 9. The smallest absolute Gasteiger partial charge is 0.422 e. The second kappa shape index (κ2) is 11.1. The first-order valence-electron chi connectivity index (χ1n) is 12.9. The van der Waals surface area contributed by atoms with Gasteiger partial charge in [0, 0.05) is 37.0 Å². The van der Waals surface area contributed by atoms with E-state index in [2.05, 4.69) is 25.1 Å². The van der Waals surface area contributed by atoms with E-state index >= 15 is 0 Å². The third kappa shape index (κ3) is 5.42. The third-order valence-corrected chi connectivity index (χ3v) is 6.84. The van der Waals surface area contributed by atoms with Crippen LogP contribution in [-0.4, -0.2) is 47.4 Å². The van der Waals surface area contributed by atoms with Crippen molar-refractivity contribution in [3.8, 4) is 22.7 Å². The molecule has 5 heterocycles. The number of fused-ring (bicyclic) bond motifs is 3. The molecule has 1 atom stereocenters. The number of nitrogens with zero attached hydrogens (tertiary/aromatic N) is 6. The monoisotopic (exact) mass is 596 g/mol. The van der Waals surface area contributed by atoms with Gasteiger partial charge >= 0.3 is 12.1 Å². The fraction of sp³-hybridized carbons (Fsp3) is 0.207. The van der Waals surface area contributed by atoms with Crippen LogP contribution >= 0.6 is 0 Å². The lowest BCUT2D eigenvalue weighted by atomic mass is 9.99. The Labute approximate surface area is 239 Å². The van der Waals surface area contributed by atoms with Crippen molar-refractivity contribution in [1.29, 1.82) is 0 Å². The molecule has 0 saturated heterocycles. The van der Waals surface area contributed by atoms with Crippen LogP contribution in [0, 0.1) is 0 Å². The van der Waals surface area contributed by atoms with Gasteiger partial charge in [0.05, 0.1) is 12.7 Å². The van der Waals surface area contributed by atoms with Crippen LogP contribution in [0.5, 0.6) is 0 Å². The number of aromatic nitrogens is 6. The molecule has 0 saturated carbocycles. The number of hydrogen-bond donors (Lipinski definition) is 1. The van der Waals surface area contributed by atoms with Crippen molar-refractivity contribution in [3.63, 3.8) is 0 Å². The van der Waals surface area contributed by atoms with Gasteiger partial charge in [0.25, 0.3) is 5.89 Å². The summed E-state index contributed by atoms with van der Waals surface area (Å²) in [5.74, 6) is -5.19. The minimum Gasteiger partial charge on any atom is -0.422 e. The van der Waals surface area contributed by atoms with Gasteiger partial charge in [-0.25, -0.2) is 9.97 Å². The lowest BCUT2D eigenvalue weighted by Gasteiger charge is -2.21. The van der Waals surface area contributed by atoms with Gasteiger partial charge < -0.3 is 14.3 Å². The van der Waals surface area contributed by atoms with Crippen molar-refractivity contribution in [2.45, 2.75) is 31.2 Å². The standard InChI is InChI=1S/C29H21F5N6O3/c30-28(31,29(32,33)34)24-13-21(20-5-6-25-37-22(27-39-36-16-43-27)14-40(25)26(20)38-24)18-3-1-17(2-4-18)15-42-23(9-12-41)19-7-10-35-11-8-19/h1-8,10-11,13-14,16,23,41H,9,12,15H2/t23-/m0/s1. The Bertz CT molecular complexity index is 1860. The summed E-state index contributed by atoms with van der Waals surface area (Å²) in [5.41, 5.74) is 0.858. The molecule has 14 heteroatoms. The van der Waals surface area contributed by atoms with Crippen molar-refractivity contribution in [3.05, 3.63) is 96.4 Å². The number of aliphatic hydroxyl groups is 1. The van der Waals surface area contributed by atoms with Crippen LogP contribution in [0.25, 0.3) is 39.4 Å². The van der Waals surface area contributed by atoms with Gasteiger partial charge in [-0.2, -0.15) is 22.0 Å². The Hall–Kier alpha value is -4.82. The zero-order valence-electron chi connectivity index (χ0n) is 22.0. The molecule has 0 bridgehead atoms. The summed E-state index contributed by atoms with van der Waals surface area (Å²) in [4.78, 5) is 12.1. The molecule has 0 unspecified atom stereocenters. The molecule has 0 amide bonds. The second-order valence-corrected chi connectivity index (χ2v) is 9.59. The molecule has 6 rings (SSSR count). The lowest BCUT2D eigenvalue weighted by molar-refractivity contribution is -0.290. The molecule has 0 spiro atoms. The van der Waals surface area contributed by atoms with Crippen LogP contribution in [0.4, 0.5) is 22.0 Å². The van der Waals surface area contributed by atoms with E-state index in [1.807, 2.05) is 0 Å². The predicted molar refractivity (Wildman–Crippen MR) is 143 cm³/mol. The average molecular weight is 597 g/mol. The summed E-state index contributed by atoms with van der Waals surface area (Å²) in [6.07, 6.45) is -0.200. The summed E-state index contributed by atoms with van der Waals surface area (Å²) in [6, 6.07) is 14.1. The van der Waals surface area contributed by atoms with Crippen LogP contribution in [-0.2, 0) is 17.3 Å². The predicted octanol–water partition coefficient (Wildman–Crippen LogP) is 6.29. The summed E-state index contributed by atoms with van der Waals surface area (Å²) in [6.45, 7) is 0.0718. The van der Waals surface area contributed by atoms with Gasteiger partial charge in [0.2, 0.25) is 6.39 Å². The van der Waals surface area contributed by atoms with E-state index in [0.29, 0.717) is 17.4 Å². The molecule has 0 aliphatic carbocycles. The van der Waals surface area contributed by atoms with E-state index < -0.39 is 23.9 Å². The summed E-state index contributed by atoms with van der Waals surface area (Å²) >= 11 is 0. The van der Waals surface area contributed by atoms with Gasteiger partial charge in [-0.1, -0.05) is 24.3 Å². The molecular formula is C29H21F5N6O3. The normalized spacial score (nSPS) is 13.2. The Morgan fingerprint density at radius 2 is 1.72 bits per heavy atom. The largest absolute Gasteiger partial charge is 0.459 e. The van der Waals surface area contributed by atoms with Crippen LogP contribution < -0.4 is 0 Å². The number of halogens is 5. The summed E-state index contributed by atoms with van der Waals surface area (Å²) < 4.78 is 82.2. The minimum atomic E-state index is -5.87. The van der Waals surface area contributed by atoms with Crippen LogP contribution in [0.3, 0.4) is 0 Å². The highest BCUT2D eigenvalue weighted by molar-refractivity contribution is 5.94. The van der Waals surface area contributed by atoms with Crippen molar-refractivity contribution < 1.29 is 36.2 Å². The summed E-state index contributed by atoms with van der Waals surface area (Å²) in [5, 5.41) is 17.1. The fourth-order valence-electron chi connectivity index (χ4n) is 4.68. The number of aliphatic hydroxyl groups excluding tert-OH is 1. The molecule has 0 radical (unpaired) electrons. The first-order valence-corrected chi connectivity index (χ1v) is 12.9. The highest BCUT2D eigenvalue weighted by Gasteiger charge is 2.60. The molecule has 6 aromatic rings. The maximum Gasteiger partial charge on any atom is 0.459 e. The zero-order valence-corrected chi connectivity index (χ0v) is 22.0. The number of imidazole rings is 1. The van der Waals surface area contributed by atoms with Crippen molar-refractivity contribution in [2.75, 3.05) is 6.61 Å². The molecule has 0 aliphatic heterocycles. The Morgan fingerprint density at radius 3 is 2.40 bits per heavy atom. The van der Waals surface area contributed by atoms with E-state index in [4.69, 9.17) is 9.15 Å². The van der Waals surface area contributed by atoms with Gasteiger partial charge in [-0.3, -0.25) is 9.38 Å². The maximum absolute atomic E-state index is 14.7. The minimum absolute atomic E-state index is 0.0387. The number of hydrogen-bond acceptors (Lipinski definition) is 8. The van der Waals surface area contributed by atoms with Crippen LogP contribution in [0.1, 0.15) is 29.3 Å². The number of alkyl halides is 5. The molecule has 0 fully saturated rings. The molecule has 43 heavy (non-hydrogen) atoms. The maximum atomic E-state index is 14.7. The first-order chi connectivity index (χ1) is 20.7. The van der Waals surface area contributed by atoms with E-state index in [-0.39, 0.29) is 41.7 Å². The molecule has 5 aromatic heterocycles. The summed E-state index contributed by atoms with van der Waals surface area (Å²) in [7, 11) is 0. The fourth-order valence-corrected chi connectivity index (χ4v) is 4.68. The first kappa shape index (κ1) is 28.3. The number of benzene rings is 1. The van der Waals surface area contributed by atoms with E-state index in [1.165, 1.54) is 10.6 Å². The van der Waals surface area contributed by atoms with Crippen molar-refractivity contribution in [2.24, 2.45) is 0 Å². The second-order valence-electron chi connectivity index (χ2n) is 9.59. The number of pyridine rings is 3. The molecule has 220 valence electrons. The van der Waals surface area contributed by atoms with Crippen LogP contribution in [0.2, 0.25) is 0 Å². The Morgan fingerprint density at radius 1 is 0.953 bits per heavy atom. The van der Waals surface area contributed by atoms with Gasteiger partial charge in [-0.05, 0) is 52.6 Å². The SMILES string of the molecule is OCC[C@H](OCc1ccc(-c2cc(C(F)(F)C(F)(F)F)nc3c2ccc2nc(-c4nnco4)cn23)cc1)c1ccncc1. The van der Waals surface area contributed by atoms with E-state index in [1.54, 1.807) is 60.9 Å². The van der Waals surface area contributed by atoms with Gasteiger partial charge in [0.15, 0.2) is 0 Å². The van der Waals surface area contributed by atoms with Gasteiger partial charge in [0.1, 0.15) is 22.7 Å². The van der Waals surface area contributed by atoms with E-state index in [9.17, 15) is 27.1 Å². The van der Waals surface area contributed by atoms with Crippen molar-refractivity contribution >= 4 is 16.7 Å². The van der Waals surface area contributed by atoms with E-state index in [0.717, 1.165) is 23.6 Å². The highest BCUT2D eigenvalue weighted by atomic mass is 19.4. The Kier molecular flexibility index (Phi) is 7.31. The number of ether oxygens (including phenoxy) is 1. The molecular weight excluding hydrogens is 575 g/mol.